The van der Waals surface area contributed by atoms with Gasteiger partial charge in [0, 0.05) is 5.92 Å². The molecule has 0 spiro atoms. The predicted molar refractivity (Wildman–Crippen MR) is 69.1 cm³/mol. The van der Waals surface area contributed by atoms with E-state index in [1.54, 1.807) is 0 Å². The molecule has 3 rings (SSSR count). The van der Waals surface area contributed by atoms with Crippen LogP contribution in [0.1, 0.15) is 81.8 Å². The lowest BCUT2D eigenvalue weighted by molar-refractivity contribution is 0.317. The zero-order valence-electron chi connectivity index (χ0n) is 11.0. The molecule has 2 fully saturated rings. The average Bonchev–Trinajstić information content (AvgIpc) is 3.00. The maximum absolute atomic E-state index is 6.51. The summed E-state index contributed by atoms with van der Waals surface area (Å²) in [6.45, 7) is 0. The first-order valence-electron chi connectivity index (χ1n) is 7.41. The van der Waals surface area contributed by atoms with Gasteiger partial charge in [0.05, 0.1) is 5.54 Å². The molecule has 2 saturated carbocycles. The van der Waals surface area contributed by atoms with Gasteiger partial charge in [0.15, 0.2) is 5.82 Å². The molecule has 1 aromatic rings. The van der Waals surface area contributed by atoms with Crippen molar-refractivity contribution in [2.45, 2.75) is 75.7 Å². The molecule has 100 valence electrons. The highest BCUT2D eigenvalue weighted by Gasteiger charge is 2.34. The zero-order valence-corrected chi connectivity index (χ0v) is 11.0. The highest BCUT2D eigenvalue weighted by Crippen LogP contribution is 2.36. The van der Waals surface area contributed by atoms with Gasteiger partial charge in [0.2, 0.25) is 5.89 Å². The fraction of sp³-hybridized carbons (Fsp3) is 0.857. The van der Waals surface area contributed by atoms with Gasteiger partial charge in [-0.25, -0.2) is 0 Å². The van der Waals surface area contributed by atoms with E-state index in [0.717, 1.165) is 24.6 Å². The van der Waals surface area contributed by atoms with Crippen molar-refractivity contribution in [3.63, 3.8) is 0 Å². The second-order valence-corrected chi connectivity index (χ2v) is 6.01. The maximum atomic E-state index is 6.51. The van der Waals surface area contributed by atoms with E-state index in [1.165, 1.54) is 51.4 Å². The lowest BCUT2D eigenvalue weighted by atomic mass is 9.91. The van der Waals surface area contributed by atoms with Crippen molar-refractivity contribution in [1.82, 2.24) is 10.1 Å². The van der Waals surface area contributed by atoms with Gasteiger partial charge in [0.25, 0.3) is 0 Å². The molecule has 4 heteroatoms. The maximum Gasteiger partial charge on any atom is 0.229 e. The normalized spacial score (nSPS) is 25.2. The van der Waals surface area contributed by atoms with E-state index in [-0.39, 0.29) is 5.54 Å². The van der Waals surface area contributed by atoms with Crippen LogP contribution in [0.3, 0.4) is 0 Å². The van der Waals surface area contributed by atoms with Crippen LogP contribution in [0.2, 0.25) is 0 Å². The van der Waals surface area contributed by atoms with Gasteiger partial charge in [-0.05, 0) is 25.7 Å². The molecule has 0 unspecified atom stereocenters. The monoisotopic (exact) mass is 249 g/mol. The Morgan fingerprint density at radius 3 is 2.33 bits per heavy atom. The summed E-state index contributed by atoms with van der Waals surface area (Å²) in [6.07, 6.45) is 11.9. The first-order valence-corrected chi connectivity index (χ1v) is 7.41. The third kappa shape index (κ3) is 2.30. The molecule has 0 bridgehead atoms. The largest absolute Gasteiger partial charge is 0.339 e. The fourth-order valence-electron chi connectivity index (χ4n) is 3.36. The van der Waals surface area contributed by atoms with Crippen LogP contribution in [0.5, 0.6) is 0 Å². The third-order valence-corrected chi connectivity index (χ3v) is 4.59. The van der Waals surface area contributed by atoms with Crippen LogP contribution < -0.4 is 5.73 Å². The van der Waals surface area contributed by atoms with Crippen molar-refractivity contribution >= 4 is 0 Å². The minimum atomic E-state index is -0.336. The topological polar surface area (TPSA) is 64.9 Å². The minimum Gasteiger partial charge on any atom is -0.339 e. The van der Waals surface area contributed by atoms with Crippen LogP contribution in [0, 0.1) is 0 Å². The van der Waals surface area contributed by atoms with E-state index in [0.29, 0.717) is 5.92 Å². The van der Waals surface area contributed by atoms with E-state index >= 15 is 0 Å². The van der Waals surface area contributed by atoms with Crippen LogP contribution in [-0.2, 0) is 5.54 Å². The van der Waals surface area contributed by atoms with Gasteiger partial charge in [-0.15, -0.1) is 0 Å². The Hall–Kier alpha value is -0.900. The summed E-state index contributed by atoms with van der Waals surface area (Å²) >= 11 is 0. The Bertz CT molecular complexity index is 387. The number of hydrogen-bond acceptors (Lipinski definition) is 4. The molecule has 1 aromatic heterocycles. The molecule has 0 amide bonds. The molecular weight excluding hydrogens is 226 g/mol. The number of nitrogens with zero attached hydrogens (tertiary/aromatic N) is 2. The number of hydrogen-bond donors (Lipinski definition) is 1. The Morgan fingerprint density at radius 1 is 1.00 bits per heavy atom. The zero-order chi connectivity index (χ0) is 12.4. The standard InChI is InChI=1S/C14H23N3O/c15-14(9-5-1-2-6-10-14)13-16-12(18-17-13)11-7-3-4-8-11/h11H,1-10,15H2. The Balaban J connectivity index is 1.78. The number of rotatable bonds is 2. The fourth-order valence-corrected chi connectivity index (χ4v) is 3.36. The molecular formula is C14H23N3O. The lowest BCUT2D eigenvalue weighted by Crippen LogP contribution is -2.37. The Kier molecular flexibility index (Phi) is 3.37. The molecule has 0 saturated heterocycles. The van der Waals surface area contributed by atoms with Gasteiger partial charge >= 0.3 is 0 Å². The Morgan fingerprint density at radius 2 is 1.67 bits per heavy atom. The van der Waals surface area contributed by atoms with Crippen molar-refractivity contribution < 1.29 is 4.52 Å². The summed E-state index contributed by atoms with van der Waals surface area (Å²) in [6, 6.07) is 0. The summed E-state index contributed by atoms with van der Waals surface area (Å²) in [5, 5.41) is 4.19. The van der Waals surface area contributed by atoms with Crippen LogP contribution in [0.4, 0.5) is 0 Å². The van der Waals surface area contributed by atoms with E-state index in [9.17, 15) is 0 Å². The van der Waals surface area contributed by atoms with Crippen LogP contribution >= 0.6 is 0 Å². The first kappa shape index (κ1) is 12.2. The summed E-state index contributed by atoms with van der Waals surface area (Å²) in [4.78, 5) is 4.63. The predicted octanol–water partition coefficient (Wildman–Crippen LogP) is 3.24. The lowest BCUT2D eigenvalue weighted by Gasteiger charge is -2.23. The number of aromatic nitrogens is 2. The molecule has 2 aliphatic rings. The average molecular weight is 249 g/mol. The van der Waals surface area contributed by atoms with Crippen LogP contribution in [-0.4, -0.2) is 10.1 Å². The second kappa shape index (κ2) is 5.00. The second-order valence-electron chi connectivity index (χ2n) is 6.01. The van der Waals surface area contributed by atoms with Gasteiger partial charge in [0.1, 0.15) is 0 Å². The highest BCUT2D eigenvalue weighted by atomic mass is 16.5. The molecule has 2 aliphatic carbocycles. The molecule has 1 heterocycles. The van der Waals surface area contributed by atoms with Crippen molar-refractivity contribution in [2.24, 2.45) is 5.73 Å². The summed E-state index contributed by atoms with van der Waals surface area (Å²) in [5.74, 6) is 2.07. The molecule has 18 heavy (non-hydrogen) atoms. The summed E-state index contributed by atoms with van der Waals surface area (Å²) in [5.41, 5.74) is 6.17. The smallest absolute Gasteiger partial charge is 0.229 e. The van der Waals surface area contributed by atoms with E-state index < -0.39 is 0 Å². The van der Waals surface area contributed by atoms with Crippen molar-refractivity contribution in [2.75, 3.05) is 0 Å². The summed E-state index contributed by atoms with van der Waals surface area (Å²) < 4.78 is 5.47. The van der Waals surface area contributed by atoms with E-state index in [2.05, 4.69) is 10.1 Å². The third-order valence-electron chi connectivity index (χ3n) is 4.59. The van der Waals surface area contributed by atoms with Gasteiger partial charge in [-0.3, -0.25) is 0 Å². The van der Waals surface area contributed by atoms with Gasteiger partial charge < -0.3 is 10.3 Å². The molecule has 2 N–H and O–H groups in total. The molecule has 4 nitrogen and oxygen atoms in total. The van der Waals surface area contributed by atoms with Gasteiger partial charge in [-0.1, -0.05) is 43.7 Å². The first-order chi connectivity index (χ1) is 8.78. The van der Waals surface area contributed by atoms with Crippen molar-refractivity contribution in [1.29, 1.82) is 0 Å². The van der Waals surface area contributed by atoms with Crippen molar-refractivity contribution in [3.05, 3.63) is 11.7 Å². The quantitative estimate of drug-likeness (QED) is 0.817. The Labute approximate surface area is 108 Å². The number of nitrogens with two attached hydrogens (primary N) is 1. The SMILES string of the molecule is NC1(c2noc(C3CCCC3)n2)CCCCCC1. The van der Waals surface area contributed by atoms with E-state index in [4.69, 9.17) is 10.3 Å². The molecule has 0 aliphatic heterocycles. The highest BCUT2D eigenvalue weighted by molar-refractivity contribution is 5.07. The summed E-state index contributed by atoms with van der Waals surface area (Å²) in [7, 11) is 0. The van der Waals surface area contributed by atoms with Gasteiger partial charge in [-0.2, -0.15) is 4.98 Å². The molecule has 0 radical (unpaired) electrons. The van der Waals surface area contributed by atoms with E-state index in [1.807, 2.05) is 0 Å². The minimum absolute atomic E-state index is 0.336. The van der Waals surface area contributed by atoms with Crippen LogP contribution in [0.25, 0.3) is 0 Å². The van der Waals surface area contributed by atoms with Crippen LogP contribution in [0.15, 0.2) is 4.52 Å². The molecule has 0 atom stereocenters. The molecule has 0 aromatic carbocycles. The van der Waals surface area contributed by atoms with Crippen molar-refractivity contribution in [3.8, 4) is 0 Å².